The minimum atomic E-state index is 0.536. The van der Waals surface area contributed by atoms with Gasteiger partial charge < -0.3 is 0 Å². The fraction of sp³-hybridized carbons (Fsp3) is 0.714. The van der Waals surface area contributed by atoms with Crippen molar-refractivity contribution in [3.8, 4) is 0 Å². The smallest absolute Gasteiger partial charge is 0.0589 e. The molecular weight excluding hydrogens is 112 g/mol. The van der Waals surface area contributed by atoms with Crippen LogP contribution in [0.2, 0.25) is 0 Å². The molecule has 2 heteroatoms. The summed E-state index contributed by atoms with van der Waals surface area (Å²) < 4.78 is 0. The molecule has 0 saturated heterocycles. The second-order valence-corrected chi connectivity index (χ2v) is 2.50. The average Bonchev–Trinajstić information content (AvgIpc) is 1.90. The van der Waals surface area contributed by atoms with Crippen LogP contribution in [0, 0.1) is 5.92 Å². The van der Waals surface area contributed by atoms with Gasteiger partial charge in [0.15, 0.2) is 0 Å². The van der Waals surface area contributed by atoms with Crippen molar-refractivity contribution in [2.45, 2.75) is 13.8 Å². The maximum atomic E-state index is 4.30. The predicted molar refractivity (Wildman–Crippen MR) is 40.5 cm³/mol. The monoisotopic (exact) mass is 124 g/mol. The Hall–Kier alpha value is -0.660. The summed E-state index contributed by atoms with van der Waals surface area (Å²) in [7, 11) is 0. The Morgan fingerprint density at radius 2 is 2.22 bits per heavy atom. The quantitative estimate of drug-likeness (QED) is 0.501. The highest BCUT2D eigenvalue weighted by Crippen LogP contribution is 1.97. The summed E-state index contributed by atoms with van der Waals surface area (Å²) in [6, 6.07) is 0. The minimum Gasteiger partial charge on any atom is -0.289 e. The Morgan fingerprint density at radius 3 is 2.56 bits per heavy atom. The second kappa shape index (κ2) is 2.76. The van der Waals surface area contributed by atoms with Crippen molar-refractivity contribution < 1.29 is 0 Å². The molecule has 0 spiro atoms. The SMILES string of the molecule is CC(C)C1=NCCN=C1. The van der Waals surface area contributed by atoms with E-state index in [2.05, 4.69) is 23.8 Å². The zero-order valence-electron chi connectivity index (χ0n) is 5.96. The zero-order chi connectivity index (χ0) is 6.69. The van der Waals surface area contributed by atoms with E-state index in [1.807, 2.05) is 6.21 Å². The van der Waals surface area contributed by atoms with Gasteiger partial charge in [-0.2, -0.15) is 0 Å². The van der Waals surface area contributed by atoms with Crippen molar-refractivity contribution in [1.82, 2.24) is 0 Å². The molecule has 0 saturated carbocycles. The molecule has 2 nitrogen and oxygen atoms in total. The molecule has 0 aliphatic carbocycles. The second-order valence-electron chi connectivity index (χ2n) is 2.50. The van der Waals surface area contributed by atoms with Crippen LogP contribution >= 0.6 is 0 Å². The van der Waals surface area contributed by atoms with E-state index in [4.69, 9.17) is 0 Å². The van der Waals surface area contributed by atoms with E-state index >= 15 is 0 Å². The van der Waals surface area contributed by atoms with Crippen LogP contribution in [0.25, 0.3) is 0 Å². The van der Waals surface area contributed by atoms with Gasteiger partial charge in [-0.05, 0) is 5.92 Å². The molecule has 1 heterocycles. The van der Waals surface area contributed by atoms with Crippen LogP contribution in [0.15, 0.2) is 9.98 Å². The highest BCUT2D eigenvalue weighted by atomic mass is 14.9. The van der Waals surface area contributed by atoms with Crippen molar-refractivity contribution in [2.24, 2.45) is 15.9 Å². The van der Waals surface area contributed by atoms with E-state index in [1.165, 1.54) is 0 Å². The van der Waals surface area contributed by atoms with E-state index in [0.717, 1.165) is 18.8 Å². The van der Waals surface area contributed by atoms with Gasteiger partial charge in [-0.15, -0.1) is 0 Å². The van der Waals surface area contributed by atoms with Crippen LogP contribution in [-0.2, 0) is 0 Å². The van der Waals surface area contributed by atoms with Crippen LogP contribution in [0.1, 0.15) is 13.8 Å². The van der Waals surface area contributed by atoms with Crippen LogP contribution in [0.3, 0.4) is 0 Å². The first-order valence-electron chi connectivity index (χ1n) is 3.35. The van der Waals surface area contributed by atoms with Gasteiger partial charge in [-0.3, -0.25) is 9.98 Å². The van der Waals surface area contributed by atoms with Crippen molar-refractivity contribution in [1.29, 1.82) is 0 Å². The first-order chi connectivity index (χ1) is 4.30. The van der Waals surface area contributed by atoms with E-state index in [1.54, 1.807) is 0 Å². The summed E-state index contributed by atoms with van der Waals surface area (Å²) in [5.74, 6) is 0.536. The topological polar surface area (TPSA) is 24.7 Å². The molecule has 0 N–H and O–H groups in total. The third-order valence-electron chi connectivity index (χ3n) is 1.34. The number of aliphatic imine (C=N–C) groups is 2. The lowest BCUT2D eigenvalue weighted by atomic mass is 10.1. The van der Waals surface area contributed by atoms with Crippen molar-refractivity contribution in [3.63, 3.8) is 0 Å². The average molecular weight is 124 g/mol. The molecule has 1 aliphatic heterocycles. The first-order valence-corrected chi connectivity index (χ1v) is 3.35. The molecule has 0 bridgehead atoms. The molecule has 0 aromatic rings. The summed E-state index contributed by atoms with van der Waals surface area (Å²) in [5.41, 5.74) is 1.14. The van der Waals surface area contributed by atoms with Gasteiger partial charge in [-0.25, -0.2) is 0 Å². The predicted octanol–water partition coefficient (Wildman–Crippen LogP) is 1.17. The molecule has 9 heavy (non-hydrogen) atoms. The summed E-state index contributed by atoms with van der Waals surface area (Å²) in [4.78, 5) is 8.42. The number of nitrogens with zero attached hydrogens (tertiary/aromatic N) is 2. The number of rotatable bonds is 1. The first kappa shape index (κ1) is 6.46. The van der Waals surface area contributed by atoms with Crippen molar-refractivity contribution >= 4 is 11.9 Å². The molecule has 0 unspecified atom stereocenters. The number of hydrogen-bond donors (Lipinski definition) is 0. The fourth-order valence-electron chi connectivity index (χ4n) is 0.767. The zero-order valence-corrected chi connectivity index (χ0v) is 5.96. The van der Waals surface area contributed by atoms with E-state index < -0.39 is 0 Å². The third kappa shape index (κ3) is 1.63. The van der Waals surface area contributed by atoms with Gasteiger partial charge in [0, 0.05) is 6.21 Å². The lowest BCUT2D eigenvalue weighted by molar-refractivity contribution is 0.862. The van der Waals surface area contributed by atoms with E-state index in [9.17, 15) is 0 Å². The summed E-state index contributed by atoms with van der Waals surface area (Å²) in [6.07, 6.45) is 1.88. The Kier molecular flexibility index (Phi) is 1.98. The molecule has 1 aliphatic rings. The van der Waals surface area contributed by atoms with Crippen molar-refractivity contribution in [3.05, 3.63) is 0 Å². The van der Waals surface area contributed by atoms with Gasteiger partial charge in [0.1, 0.15) is 0 Å². The maximum Gasteiger partial charge on any atom is 0.0589 e. The highest BCUT2D eigenvalue weighted by Gasteiger charge is 2.02. The largest absolute Gasteiger partial charge is 0.289 e. The molecule has 0 amide bonds. The Morgan fingerprint density at radius 1 is 1.44 bits per heavy atom. The van der Waals surface area contributed by atoms with E-state index in [-0.39, 0.29) is 0 Å². The molecule has 0 radical (unpaired) electrons. The third-order valence-corrected chi connectivity index (χ3v) is 1.34. The Labute approximate surface area is 55.7 Å². The van der Waals surface area contributed by atoms with Gasteiger partial charge >= 0.3 is 0 Å². The fourth-order valence-corrected chi connectivity index (χ4v) is 0.767. The maximum absolute atomic E-state index is 4.30. The number of hydrogen-bond acceptors (Lipinski definition) is 2. The molecule has 0 atom stereocenters. The summed E-state index contributed by atoms with van der Waals surface area (Å²) in [5, 5.41) is 0. The van der Waals surface area contributed by atoms with Crippen LogP contribution in [-0.4, -0.2) is 25.0 Å². The lowest BCUT2D eigenvalue weighted by Gasteiger charge is -2.07. The highest BCUT2D eigenvalue weighted by molar-refractivity contribution is 6.31. The molecule has 50 valence electrons. The van der Waals surface area contributed by atoms with Gasteiger partial charge in [0.05, 0.1) is 18.8 Å². The summed E-state index contributed by atoms with van der Waals surface area (Å²) >= 11 is 0. The molecule has 0 fully saturated rings. The normalized spacial score (nSPS) is 18.3. The van der Waals surface area contributed by atoms with Crippen LogP contribution < -0.4 is 0 Å². The van der Waals surface area contributed by atoms with Gasteiger partial charge in [0.25, 0.3) is 0 Å². The van der Waals surface area contributed by atoms with E-state index in [0.29, 0.717) is 5.92 Å². The molecular formula is C7H12N2. The van der Waals surface area contributed by atoms with Gasteiger partial charge in [-0.1, -0.05) is 13.8 Å². The standard InChI is InChI=1S/C7H12N2/c1-6(2)7-5-8-3-4-9-7/h5-6H,3-4H2,1-2H3. The van der Waals surface area contributed by atoms with Crippen LogP contribution in [0.4, 0.5) is 0 Å². The Balaban J connectivity index is 2.58. The molecule has 1 rings (SSSR count). The molecule has 0 aromatic heterocycles. The molecule has 0 aromatic carbocycles. The minimum absolute atomic E-state index is 0.536. The van der Waals surface area contributed by atoms with Gasteiger partial charge in [0.2, 0.25) is 0 Å². The Bertz CT molecular complexity index is 145. The lowest BCUT2D eigenvalue weighted by Crippen LogP contribution is -2.14. The van der Waals surface area contributed by atoms with Crippen LogP contribution in [0.5, 0.6) is 0 Å². The summed E-state index contributed by atoms with van der Waals surface area (Å²) in [6.45, 7) is 6.02. The van der Waals surface area contributed by atoms with Crippen molar-refractivity contribution in [2.75, 3.05) is 13.1 Å².